The molecule has 1 aliphatic rings. The molecule has 178 valence electrons. The van der Waals surface area contributed by atoms with Gasteiger partial charge in [0.1, 0.15) is 12.2 Å². The molecule has 3 N–H and O–H groups in total. The third-order valence-electron chi connectivity index (χ3n) is 6.36. The van der Waals surface area contributed by atoms with Gasteiger partial charge < -0.3 is 20.5 Å². The maximum absolute atomic E-state index is 10.1. The molecule has 3 heterocycles. The summed E-state index contributed by atoms with van der Waals surface area (Å²) in [5.41, 5.74) is 8.81. The van der Waals surface area contributed by atoms with E-state index < -0.39 is 5.60 Å². The Kier molecular flexibility index (Phi) is 7.20. The number of nitrogens with two attached hydrogens (primary N) is 1. The quantitative estimate of drug-likeness (QED) is 0.544. The summed E-state index contributed by atoms with van der Waals surface area (Å²) in [5.74, 6) is 6.84. The van der Waals surface area contributed by atoms with E-state index in [1.807, 2.05) is 43.5 Å². The second kappa shape index (κ2) is 10.3. The van der Waals surface area contributed by atoms with E-state index in [1.165, 1.54) is 0 Å². The Morgan fingerprint density at radius 1 is 1.21 bits per heavy atom. The summed E-state index contributed by atoms with van der Waals surface area (Å²) in [6, 6.07) is 10.1. The molecule has 0 bridgehead atoms. The molecule has 4 rings (SSSR count). The van der Waals surface area contributed by atoms with Gasteiger partial charge >= 0.3 is 0 Å². The Balaban J connectivity index is 1.45. The average Bonchev–Trinajstić information content (AvgIpc) is 3.33. The summed E-state index contributed by atoms with van der Waals surface area (Å²) in [6.07, 6.45) is 8.50. The van der Waals surface area contributed by atoms with Gasteiger partial charge in [0, 0.05) is 29.1 Å². The van der Waals surface area contributed by atoms with Crippen LogP contribution in [0, 0.1) is 11.8 Å². The molecule has 1 fully saturated rings. The first-order valence-corrected chi connectivity index (χ1v) is 11.8. The highest BCUT2D eigenvalue weighted by molar-refractivity contribution is 5.65. The third-order valence-corrected chi connectivity index (χ3v) is 6.36. The molecule has 0 aliphatic carbocycles. The van der Waals surface area contributed by atoms with Crippen molar-refractivity contribution in [3.63, 3.8) is 0 Å². The monoisotopic (exact) mass is 459 g/mol. The number of hydrogen-bond donors (Lipinski definition) is 2. The van der Waals surface area contributed by atoms with Crippen molar-refractivity contribution < 1.29 is 9.84 Å². The van der Waals surface area contributed by atoms with Gasteiger partial charge in [-0.05, 0) is 70.1 Å². The number of nitrogens with zero attached hydrogens (tertiary/aromatic N) is 4. The summed E-state index contributed by atoms with van der Waals surface area (Å²) < 4.78 is 8.09. The smallest absolute Gasteiger partial charge is 0.166 e. The Hall–Kier alpha value is -3.34. The predicted octanol–water partition coefficient (Wildman–Crippen LogP) is 3.89. The lowest BCUT2D eigenvalue weighted by Crippen LogP contribution is -2.31. The van der Waals surface area contributed by atoms with E-state index in [1.54, 1.807) is 13.1 Å². The van der Waals surface area contributed by atoms with Crippen molar-refractivity contribution >= 4 is 5.82 Å². The highest BCUT2D eigenvalue weighted by Gasteiger charge is 2.19. The van der Waals surface area contributed by atoms with E-state index in [-0.39, 0.29) is 0 Å². The third kappa shape index (κ3) is 5.96. The van der Waals surface area contributed by atoms with Crippen LogP contribution in [0.1, 0.15) is 50.3 Å². The Morgan fingerprint density at radius 3 is 2.76 bits per heavy atom. The number of rotatable bonds is 6. The van der Waals surface area contributed by atoms with Crippen LogP contribution in [0.5, 0.6) is 5.75 Å². The molecule has 1 atom stereocenters. The van der Waals surface area contributed by atoms with Crippen molar-refractivity contribution in [3.8, 4) is 28.7 Å². The summed E-state index contributed by atoms with van der Waals surface area (Å²) in [4.78, 5) is 6.69. The minimum absolute atomic E-state index is 0.337. The lowest BCUT2D eigenvalue weighted by Gasteiger charge is -2.28. The fourth-order valence-electron chi connectivity index (χ4n) is 3.87. The fraction of sp³-hybridized carbons (Fsp3) is 0.407. The average molecular weight is 460 g/mol. The zero-order valence-corrected chi connectivity index (χ0v) is 20.2. The highest BCUT2D eigenvalue weighted by atomic mass is 16.5. The molecule has 3 aromatic rings. The van der Waals surface area contributed by atoms with E-state index in [0.29, 0.717) is 30.6 Å². The van der Waals surface area contributed by atoms with Crippen LogP contribution in [0.2, 0.25) is 0 Å². The maximum Gasteiger partial charge on any atom is 0.166 e. The second-order valence-electron chi connectivity index (χ2n) is 9.22. The molecule has 2 aromatic heterocycles. The number of piperidine rings is 1. The normalized spacial score (nSPS) is 16.5. The number of ether oxygens (including phenoxy) is 1. The number of nitrogen functional groups attached to an aromatic ring is 1. The number of pyridine rings is 1. The first-order valence-electron chi connectivity index (χ1n) is 11.8. The maximum atomic E-state index is 10.1. The van der Waals surface area contributed by atoms with Gasteiger partial charge in [-0.2, -0.15) is 5.10 Å². The van der Waals surface area contributed by atoms with Crippen molar-refractivity contribution in [1.29, 1.82) is 0 Å². The summed E-state index contributed by atoms with van der Waals surface area (Å²) in [7, 11) is 2.16. The molecular weight excluding hydrogens is 426 g/mol. The molecule has 0 radical (unpaired) electrons. The minimum Gasteiger partial charge on any atom is -0.485 e. The number of likely N-dealkylation sites (tertiary alicyclic amines) is 1. The van der Waals surface area contributed by atoms with Crippen LogP contribution in [-0.4, -0.2) is 50.5 Å². The van der Waals surface area contributed by atoms with Crippen LogP contribution in [0.25, 0.3) is 11.1 Å². The van der Waals surface area contributed by atoms with E-state index in [2.05, 4.69) is 44.7 Å². The van der Waals surface area contributed by atoms with Crippen molar-refractivity contribution in [3.05, 3.63) is 60.0 Å². The van der Waals surface area contributed by atoms with E-state index in [0.717, 1.165) is 48.2 Å². The molecule has 0 spiro atoms. The largest absolute Gasteiger partial charge is 0.485 e. The number of hydrogen-bond acceptors (Lipinski definition) is 6. The molecule has 0 saturated carbocycles. The van der Waals surface area contributed by atoms with E-state index >= 15 is 0 Å². The Morgan fingerprint density at radius 2 is 2.00 bits per heavy atom. The van der Waals surface area contributed by atoms with E-state index in [4.69, 9.17) is 10.5 Å². The summed E-state index contributed by atoms with van der Waals surface area (Å²) >= 11 is 0. The number of aliphatic hydroxyl groups is 1. The molecule has 1 unspecified atom stereocenters. The molecule has 34 heavy (non-hydrogen) atoms. The van der Waals surface area contributed by atoms with Crippen LogP contribution < -0.4 is 10.5 Å². The Bertz CT molecular complexity index is 1180. The molecule has 1 saturated heterocycles. The van der Waals surface area contributed by atoms with Gasteiger partial charge in [-0.15, -0.1) is 0 Å². The van der Waals surface area contributed by atoms with Crippen LogP contribution in [0.4, 0.5) is 5.82 Å². The Labute approximate surface area is 201 Å². The van der Waals surface area contributed by atoms with Gasteiger partial charge in [0.25, 0.3) is 0 Å². The minimum atomic E-state index is -0.992. The molecule has 7 heteroatoms. The summed E-state index contributed by atoms with van der Waals surface area (Å²) in [5, 5.41) is 14.7. The zero-order chi connectivity index (χ0) is 24.1. The van der Waals surface area contributed by atoms with Gasteiger partial charge in [-0.3, -0.25) is 4.68 Å². The van der Waals surface area contributed by atoms with Gasteiger partial charge in [-0.25, -0.2) is 4.98 Å². The van der Waals surface area contributed by atoms with Gasteiger partial charge in [0.15, 0.2) is 11.6 Å². The fourth-order valence-corrected chi connectivity index (χ4v) is 3.87. The lowest BCUT2D eigenvalue weighted by atomic mass is 10.0. The predicted molar refractivity (Wildman–Crippen MR) is 134 cm³/mol. The lowest BCUT2D eigenvalue weighted by molar-refractivity contribution is 0.118. The van der Waals surface area contributed by atoms with Gasteiger partial charge in [0.05, 0.1) is 12.2 Å². The second-order valence-corrected chi connectivity index (χ2v) is 9.22. The van der Waals surface area contributed by atoms with E-state index in [9.17, 15) is 5.11 Å². The van der Waals surface area contributed by atoms with Crippen molar-refractivity contribution in [2.75, 3.05) is 25.9 Å². The SMILES string of the molecule is CCC(C)(O)C#Cc1cccc(COc2cc(-c3cnn(C4CCN(C)CC4)c3)cnc2N)c1. The molecule has 1 aromatic carbocycles. The van der Waals surface area contributed by atoms with Crippen LogP contribution in [-0.2, 0) is 6.61 Å². The van der Waals surface area contributed by atoms with Crippen molar-refractivity contribution in [2.24, 2.45) is 0 Å². The molecular formula is C27H33N5O2. The van der Waals surface area contributed by atoms with Crippen LogP contribution in [0.3, 0.4) is 0 Å². The van der Waals surface area contributed by atoms with Gasteiger partial charge in [0.2, 0.25) is 0 Å². The molecule has 0 amide bonds. The highest BCUT2D eigenvalue weighted by Crippen LogP contribution is 2.29. The number of anilines is 1. The number of aromatic nitrogens is 3. The standard InChI is InChI=1S/C27H33N5O2/c1-4-27(2,33)11-8-20-6-5-7-21(14-20)19-34-25-15-22(16-29-26(25)28)23-17-30-32(18-23)24-9-12-31(3)13-10-24/h5-7,14-18,24,33H,4,9-10,12-13,19H2,1-3H3,(H2,28,29). The van der Waals surface area contributed by atoms with Crippen molar-refractivity contribution in [2.45, 2.75) is 51.4 Å². The first-order chi connectivity index (χ1) is 16.3. The zero-order valence-electron chi connectivity index (χ0n) is 20.2. The molecule has 1 aliphatic heterocycles. The first kappa shape index (κ1) is 23.8. The van der Waals surface area contributed by atoms with Gasteiger partial charge in [-0.1, -0.05) is 30.9 Å². The van der Waals surface area contributed by atoms with Crippen LogP contribution >= 0.6 is 0 Å². The molecule has 7 nitrogen and oxygen atoms in total. The topological polar surface area (TPSA) is 89.4 Å². The number of benzene rings is 1. The van der Waals surface area contributed by atoms with Crippen molar-refractivity contribution in [1.82, 2.24) is 19.7 Å². The summed E-state index contributed by atoms with van der Waals surface area (Å²) in [6.45, 7) is 6.14. The van der Waals surface area contributed by atoms with Crippen LogP contribution in [0.15, 0.2) is 48.9 Å².